The predicted octanol–water partition coefficient (Wildman–Crippen LogP) is 4.45. The Bertz CT molecular complexity index is 996. The summed E-state index contributed by atoms with van der Waals surface area (Å²) in [6.45, 7) is 8.28. The van der Waals surface area contributed by atoms with Crippen LogP contribution in [0.4, 0.5) is 4.39 Å². The van der Waals surface area contributed by atoms with Crippen molar-refractivity contribution in [3.63, 3.8) is 0 Å². The summed E-state index contributed by atoms with van der Waals surface area (Å²) in [5.74, 6) is 0.416. The van der Waals surface area contributed by atoms with E-state index in [2.05, 4.69) is 10.4 Å². The molecule has 1 unspecified atom stereocenters. The Morgan fingerprint density at radius 3 is 2.62 bits per heavy atom. The number of ether oxygens (including phenoxy) is 1. The van der Waals surface area contributed by atoms with Gasteiger partial charge in [0.15, 0.2) is 0 Å². The van der Waals surface area contributed by atoms with Gasteiger partial charge in [-0.15, -0.1) is 0 Å². The highest BCUT2D eigenvalue weighted by atomic mass is 19.1. The lowest BCUT2D eigenvalue weighted by Crippen LogP contribution is -2.28. The minimum Gasteiger partial charge on any atom is -0.494 e. The van der Waals surface area contributed by atoms with Gasteiger partial charge in [0.05, 0.1) is 30.5 Å². The van der Waals surface area contributed by atoms with Gasteiger partial charge in [0.1, 0.15) is 11.6 Å². The predicted molar refractivity (Wildman–Crippen MR) is 111 cm³/mol. The zero-order valence-corrected chi connectivity index (χ0v) is 17.2. The Kier molecular flexibility index (Phi) is 6.32. The van der Waals surface area contributed by atoms with Gasteiger partial charge in [-0.05, 0) is 69.7 Å². The highest BCUT2D eigenvalue weighted by molar-refractivity contribution is 5.79. The maximum Gasteiger partial charge on any atom is 0.225 e. The fraction of sp³-hybridized carbons (Fsp3) is 0.304. The highest BCUT2D eigenvalue weighted by Gasteiger charge is 2.18. The van der Waals surface area contributed by atoms with Crippen LogP contribution in [0.1, 0.15) is 42.4 Å². The lowest BCUT2D eigenvalue weighted by atomic mass is 10.1. The van der Waals surface area contributed by atoms with Crippen LogP contribution >= 0.6 is 0 Å². The van der Waals surface area contributed by atoms with Crippen molar-refractivity contribution >= 4 is 5.91 Å². The SMILES string of the molecule is CCOc1cccc(C(C)NC(=O)Cc2c(C)nn(-c3ccc(F)cc3)c2C)c1. The van der Waals surface area contributed by atoms with Crippen LogP contribution in [0.15, 0.2) is 48.5 Å². The van der Waals surface area contributed by atoms with Gasteiger partial charge in [0.25, 0.3) is 0 Å². The van der Waals surface area contributed by atoms with Crippen LogP contribution in [0.5, 0.6) is 5.75 Å². The number of hydrogen-bond donors (Lipinski definition) is 1. The molecule has 0 aliphatic carbocycles. The summed E-state index contributed by atoms with van der Waals surface area (Å²) in [7, 11) is 0. The normalized spacial score (nSPS) is 11.9. The summed E-state index contributed by atoms with van der Waals surface area (Å²) in [5, 5.41) is 7.57. The molecular weight excluding hydrogens is 369 g/mol. The first-order chi connectivity index (χ1) is 13.9. The zero-order chi connectivity index (χ0) is 21.0. The van der Waals surface area contributed by atoms with Gasteiger partial charge in [0, 0.05) is 11.3 Å². The lowest BCUT2D eigenvalue weighted by molar-refractivity contribution is -0.121. The molecule has 1 aromatic heterocycles. The lowest BCUT2D eigenvalue weighted by Gasteiger charge is -2.15. The molecule has 3 aromatic rings. The zero-order valence-electron chi connectivity index (χ0n) is 17.2. The van der Waals surface area contributed by atoms with E-state index in [1.165, 1.54) is 12.1 Å². The van der Waals surface area contributed by atoms with E-state index in [0.717, 1.165) is 34.0 Å². The van der Waals surface area contributed by atoms with Crippen molar-refractivity contribution in [3.8, 4) is 11.4 Å². The molecule has 5 nitrogen and oxygen atoms in total. The topological polar surface area (TPSA) is 56.1 Å². The Hall–Kier alpha value is -3.15. The smallest absolute Gasteiger partial charge is 0.225 e. The first kappa shape index (κ1) is 20.6. The van der Waals surface area contributed by atoms with Crippen molar-refractivity contribution < 1.29 is 13.9 Å². The molecule has 0 aliphatic rings. The average Bonchev–Trinajstić information content (AvgIpc) is 2.97. The number of benzene rings is 2. The van der Waals surface area contributed by atoms with Crippen molar-refractivity contribution in [1.29, 1.82) is 0 Å². The van der Waals surface area contributed by atoms with Gasteiger partial charge < -0.3 is 10.1 Å². The molecule has 0 radical (unpaired) electrons. The molecule has 0 fully saturated rings. The number of aromatic nitrogens is 2. The Balaban J connectivity index is 1.72. The first-order valence-corrected chi connectivity index (χ1v) is 9.72. The Labute approximate surface area is 170 Å². The number of amides is 1. The molecule has 0 aliphatic heterocycles. The van der Waals surface area contributed by atoms with E-state index in [0.29, 0.717) is 6.61 Å². The maximum atomic E-state index is 13.2. The van der Waals surface area contributed by atoms with Gasteiger partial charge >= 0.3 is 0 Å². The quantitative estimate of drug-likeness (QED) is 0.643. The number of carbonyl (C=O) groups excluding carboxylic acids is 1. The van der Waals surface area contributed by atoms with E-state index in [1.807, 2.05) is 52.0 Å². The second-order valence-corrected chi connectivity index (χ2v) is 7.01. The summed E-state index contributed by atoms with van der Waals surface area (Å²) >= 11 is 0. The van der Waals surface area contributed by atoms with Crippen LogP contribution < -0.4 is 10.1 Å². The van der Waals surface area contributed by atoms with Crippen LogP contribution in [0, 0.1) is 19.7 Å². The van der Waals surface area contributed by atoms with E-state index in [-0.39, 0.29) is 24.2 Å². The van der Waals surface area contributed by atoms with Crippen LogP contribution in [0.2, 0.25) is 0 Å². The summed E-state index contributed by atoms with van der Waals surface area (Å²) in [4.78, 5) is 12.7. The Morgan fingerprint density at radius 1 is 1.21 bits per heavy atom. The van der Waals surface area contributed by atoms with Gasteiger partial charge in [-0.2, -0.15) is 5.10 Å². The van der Waals surface area contributed by atoms with Crippen molar-refractivity contribution in [3.05, 3.63) is 76.9 Å². The standard InChI is InChI=1S/C23H26FN3O2/c1-5-29-21-8-6-7-18(13-21)15(2)25-23(28)14-22-16(3)26-27(17(22)4)20-11-9-19(24)10-12-20/h6-13,15H,5,14H2,1-4H3,(H,25,28). The van der Waals surface area contributed by atoms with E-state index in [4.69, 9.17) is 4.74 Å². The largest absolute Gasteiger partial charge is 0.494 e. The Morgan fingerprint density at radius 2 is 1.93 bits per heavy atom. The minimum atomic E-state index is -0.294. The number of halogens is 1. The van der Waals surface area contributed by atoms with E-state index < -0.39 is 0 Å². The third kappa shape index (κ3) is 4.83. The molecule has 0 saturated carbocycles. The summed E-state index contributed by atoms with van der Waals surface area (Å²) < 4.78 is 20.5. The van der Waals surface area contributed by atoms with Crippen LogP contribution in [0.25, 0.3) is 5.69 Å². The molecule has 3 rings (SSSR count). The number of rotatable bonds is 7. The average molecular weight is 395 g/mol. The van der Waals surface area contributed by atoms with Crippen molar-refractivity contribution in [1.82, 2.24) is 15.1 Å². The number of nitrogens with one attached hydrogen (secondary N) is 1. The molecule has 1 N–H and O–H groups in total. The van der Waals surface area contributed by atoms with E-state index in [1.54, 1.807) is 16.8 Å². The monoisotopic (exact) mass is 395 g/mol. The van der Waals surface area contributed by atoms with Crippen molar-refractivity contribution in [2.75, 3.05) is 6.61 Å². The third-order valence-electron chi connectivity index (χ3n) is 4.90. The maximum absolute atomic E-state index is 13.2. The van der Waals surface area contributed by atoms with E-state index >= 15 is 0 Å². The van der Waals surface area contributed by atoms with Crippen molar-refractivity contribution in [2.24, 2.45) is 0 Å². The molecular formula is C23H26FN3O2. The number of nitrogens with zero attached hydrogens (tertiary/aromatic N) is 2. The molecule has 1 atom stereocenters. The molecule has 29 heavy (non-hydrogen) atoms. The van der Waals surface area contributed by atoms with Crippen LogP contribution in [-0.4, -0.2) is 22.3 Å². The second kappa shape index (κ2) is 8.90. The molecule has 0 spiro atoms. The molecule has 6 heteroatoms. The summed E-state index contributed by atoms with van der Waals surface area (Å²) in [6, 6.07) is 13.7. The molecule has 2 aromatic carbocycles. The number of carbonyl (C=O) groups is 1. The van der Waals surface area contributed by atoms with Gasteiger partial charge in [-0.1, -0.05) is 12.1 Å². The molecule has 0 bridgehead atoms. The fourth-order valence-corrected chi connectivity index (χ4v) is 3.34. The molecule has 1 heterocycles. The van der Waals surface area contributed by atoms with Crippen LogP contribution in [0.3, 0.4) is 0 Å². The third-order valence-corrected chi connectivity index (χ3v) is 4.90. The summed E-state index contributed by atoms with van der Waals surface area (Å²) in [6.07, 6.45) is 0.231. The van der Waals surface area contributed by atoms with Gasteiger partial charge in [-0.3, -0.25) is 4.79 Å². The molecule has 152 valence electrons. The van der Waals surface area contributed by atoms with Gasteiger partial charge in [-0.25, -0.2) is 9.07 Å². The van der Waals surface area contributed by atoms with E-state index in [9.17, 15) is 9.18 Å². The molecule has 1 amide bonds. The first-order valence-electron chi connectivity index (χ1n) is 9.72. The van der Waals surface area contributed by atoms with Gasteiger partial charge in [0.2, 0.25) is 5.91 Å². The van der Waals surface area contributed by atoms with Crippen molar-refractivity contribution in [2.45, 2.75) is 40.2 Å². The van der Waals surface area contributed by atoms with Crippen LogP contribution in [-0.2, 0) is 11.2 Å². The molecule has 0 saturated heterocycles. The number of aryl methyl sites for hydroxylation is 1. The minimum absolute atomic E-state index is 0.0795. The highest BCUT2D eigenvalue weighted by Crippen LogP contribution is 2.21. The summed E-state index contributed by atoms with van der Waals surface area (Å²) in [5.41, 5.74) is 4.28. The fourth-order valence-electron chi connectivity index (χ4n) is 3.34. The second-order valence-electron chi connectivity index (χ2n) is 7.01. The number of hydrogen-bond acceptors (Lipinski definition) is 3.